The van der Waals surface area contributed by atoms with Gasteiger partial charge in [-0.15, -0.1) is 0 Å². The number of rotatable bonds is 6. The Labute approximate surface area is 195 Å². The molecule has 0 saturated carbocycles. The largest absolute Gasteiger partial charge is 0.361 e. The van der Waals surface area contributed by atoms with E-state index < -0.39 is 0 Å². The van der Waals surface area contributed by atoms with Gasteiger partial charge in [0.05, 0.1) is 5.92 Å². The van der Waals surface area contributed by atoms with E-state index in [2.05, 4.69) is 76.4 Å². The van der Waals surface area contributed by atoms with Crippen molar-refractivity contribution in [2.24, 2.45) is 5.92 Å². The van der Waals surface area contributed by atoms with Crippen molar-refractivity contribution in [3.05, 3.63) is 90.4 Å². The number of carbonyl (C=O) groups excluding carboxylic acids is 1. The molecule has 3 heterocycles. The van der Waals surface area contributed by atoms with Crippen molar-refractivity contribution in [2.75, 3.05) is 26.2 Å². The second kappa shape index (κ2) is 9.59. The molecule has 5 nitrogen and oxygen atoms in total. The first-order chi connectivity index (χ1) is 16.2. The summed E-state index contributed by atoms with van der Waals surface area (Å²) < 4.78 is 0. The molecule has 168 valence electrons. The maximum absolute atomic E-state index is 13.5. The van der Waals surface area contributed by atoms with Crippen molar-refractivity contribution in [1.29, 1.82) is 0 Å². The van der Waals surface area contributed by atoms with Crippen molar-refractivity contribution >= 4 is 16.8 Å². The molecule has 1 aliphatic heterocycles. The average molecular weight is 439 g/mol. The monoisotopic (exact) mass is 438 g/mol. The average Bonchev–Trinajstić information content (AvgIpc) is 3.29. The van der Waals surface area contributed by atoms with Gasteiger partial charge in [-0.3, -0.25) is 14.7 Å². The van der Waals surface area contributed by atoms with E-state index in [0.717, 1.165) is 55.8 Å². The molecule has 0 aliphatic carbocycles. The van der Waals surface area contributed by atoms with Crippen molar-refractivity contribution < 1.29 is 4.79 Å². The number of hydrogen-bond acceptors (Lipinski definition) is 3. The molecule has 5 heteroatoms. The van der Waals surface area contributed by atoms with Crippen LogP contribution in [0, 0.1) is 5.92 Å². The van der Waals surface area contributed by atoms with Gasteiger partial charge in [0.25, 0.3) is 0 Å². The van der Waals surface area contributed by atoms with E-state index >= 15 is 0 Å². The van der Waals surface area contributed by atoms with Crippen LogP contribution in [0.25, 0.3) is 22.0 Å². The minimum atomic E-state index is -0.0734. The van der Waals surface area contributed by atoms with Crippen LogP contribution >= 0.6 is 0 Å². The lowest BCUT2D eigenvalue weighted by molar-refractivity contribution is -0.134. The van der Waals surface area contributed by atoms with Gasteiger partial charge in [0, 0.05) is 67.8 Å². The van der Waals surface area contributed by atoms with E-state index in [1.165, 1.54) is 16.5 Å². The van der Waals surface area contributed by atoms with Gasteiger partial charge in [-0.25, -0.2) is 0 Å². The molecule has 4 aromatic rings. The van der Waals surface area contributed by atoms with Gasteiger partial charge >= 0.3 is 0 Å². The van der Waals surface area contributed by atoms with Gasteiger partial charge < -0.3 is 9.88 Å². The normalized spacial score (nSPS) is 17.4. The third-order valence-electron chi connectivity index (χ3n) is 6.74. The van der Waals surface area contributed by atoms with Crippen molar-refractivity contribution in [2.45, 2.75) is 19.9 Å². The van der Waals surface area contributed by atoms with Crippen LogP contribution in [0.2, 0.25) is 0 Å². The maximum Gasteiger partial charge on any atom is 0.227 e. The predicted molar refractivity (Wildman–Crippen MR) is 133 cm³/mol. The third kappa shape index (κ3) is 4.55. The van der Waals surface area contributed by atoms with Gasteiger partial charge in [0.2, 0.25) is 5.91 Å². The lowest BCUT2D eigenvalue weighted by atomic mass is 9.91. The van der Waals surface area contributed by atoms with Gasteiger partial charge in [0.15, 0.2) is 0 Å². The Hall–Kier alpha value is -3.44. The minimum Gasteiger partial charge on any atom is -0.361 e. The van der Waals surface area contributed by atoms with Crippen LogP contribution in [-0.2, 0) is 17.8 Å². The number of carbonyl (C=O) groups is 1. The quantitative estimate of drug-likeness (QED) is 0.473. The molecule has 5 rings (SSSR count). The molecule has 2 aromatic heterocycles. The summed E-state index contributed by atoms with van der Waals surface area (Å²) in [6.45, 7) is 6.11. The first-order valence-corrected chi connectivity index (χ1v) is 11.8. The van der Waals surface area contributed by atoms with Crippen LogP contribution in [0.4, 0.5) is 0 Å². The van der Waals surface area contributed by atoms with Gasteiger partial charge in [-0.05, 0) is 48.2 Å². The number of likely N-dealkylation sites (N-methyl/N-ethyl adjacent to an activating group) is 1. The molecule has 2 aromatic carbocycles. The number of fused-ring (bicyclic) bond motifs is 1. The highest BCUT2D eigenvalue weighted by molar-refractivity contribution is 5.83. The Balaban J connectivity index is 1.42. The Morgan fingerprint density at radius 1 is 1.00 bits per heavy atom. The molecule has 0 spiro atoms. The molecule has 1 amide bonds. The summed E-state index contributed by atoms with van der Waals surface area (Å²) in [5.74, 6) is 0.191. The fourth-order valence-electron chi connectivity index (χ4n) is 5.02. The van der Waals surface area contributed by atoms with Crippen molar-refractivity contribution in [1.82, 2.24) is 19.8 Å². The summed E-state index contributed by atoms with van der Waals surface area (Å²) in [5.41, 5.74) is 5.93. The van der Waals surface area contributed by atoms with E-state index in [4.69, 9.17) is 0 Å². The summed E-state index contributed by atoms with van der Waals surface area (Å²) >= 11 is 0. The van der Waals surface area contributed by atoms with Gasteiger partial charge in [-0.1, -0.05) is 42.5 Å². The molecule has 1 aliphatic rings. The van der Waals surface area contributed by atoms with Crippen molar-refractivity contribution in [3.63, 3.8) is 0 Å². The first-order valence-electron chi connectivity index (χ1n) is 11.8. The molecule has 1 saturated heterocycles. The summed E-state index contributed by atoms with van der Waals surface area (Å²) in [6, 6.07) is 21.0. The Morgan fingerprint density at radius 2 is 1.88 bits per heavy atom. The molecular formula is C28H30N4O. The minimum absolute atomic E-state index is 0.0734. The molecular weight excluding hydrogens is 408 g/mol. The molecule has 0 radical (unpaired) electrons. The summed E-state index contributed by atoms with van der Waals surface area (Å²) in [5, 5.41) is 1.26. The fraction of sp³-hybridized carbons (Fsp3) is 0.286. The lowest BCUT2D eigenvalue weighted by Gasteiger charge is -2.24. The van der Waals surface area contributed by atoms with Gasteiger partial charge in [0.1, 0.15) is 0 Å². The molecule has 0 bridgehead atoms. The zero-order valence-corrected chi connectivity index (χ0v) is 19.1. The summed E-state index contributed by atoms with van der Waals surface area (Å²) in [4.78, 5) is 25.6. The standard InChI is InChI=1S/C28H30N4O/c1-2-32-16-15-31(19-23-8-5-11-27-26(23)12-14-30-27)20-24(28(32)33)17-21-7-3-4-10-25(21)22-9-6-13-29-18-22/h3-14,18,24,30H,2,15-17,19-20H2,1H3/t24-/m1/s1. The third-order valence-corrected chi connectivity index (χ3v) is 6.74. The summed E-state index contributed by atoms with van der Waals surface area (Å²) in [7, 11) is 0. The van der Waals surface area contributed by atoms with Gasteiger partial charge in [-0.2, -0.15) is 0 Å². The Morgan fingerprint density at radius 3 is 2.73 bits per heavy atom. The second-order valence-corrected chi connectivity index (χ2v) is 8.81. The highest BCUT2D eigenvalue weighted by Gasteiger charge is 2.30. The van der Waals surface area contributed by atoms with E-state index in [1.807, 2.05) is 23.4 Å². The summed E-state index contributed by atoms with van der Waals surface area (Å²) in [6.07, 6.45) is 6.42. The molecule has 1 N–H and O–H groups in total. The number of pyridine rings is 1. The molecule has 0 unspecified atom stereocenters. The highest BCUT2D eigenvalue weighted by Crippen LogP contribution is 2.27. The number of amides is 1. The Bertz CT molecular complexity index is 1230. The number of aromatic nitrogens is 2. The number of nitrogens with one attached hydrogen (secondary N) is 1. The number of aromatic amines is 1. The van der Waals surface area contributed by atoms with Crippen LogP contribution in [0.3, 0.4) is 0 Å². The second-order valence-electron chi connectivity index (χ2n) is 8.81. The number of H-pyrrole nitrogens is 1. The first kappa shape index (κ1) is 21.4. The van der Waals surface area contributed by atoms with Crippen LogP contribution in [-0.4, -0.2) is 51.9 Å². The van der Waals surface area contributed by atoms with Crippen LogP contribution in [0.1, 0.15) is 18.1 Å². The van der Waals surface area contributed by atoms with Crippen LogP contribution in [0.5, 0.6) is 0 Å². The highest BCUT2D eigenvalue weighted by atomic mass is 16.2. The zero-order chi connectivity index (χ0) is 22.6. The van der Waals surface area contributed by atoms with E-state index in [9.17, 15) is 4.79 Å². The topological polar surface area (TPSA) is 52.2 Å². The molecule has 33 heavy (non-hydrogen) atoms. The lowest BCUT2D eigenvalue weighted by Crippen LogP contribution is -2.37. The van der Waals surface area contributed by atoms with Crippen LogP contribution in [0.15, 0.2) is 79.3 Å². The van der Waals surface area contributed by atoms with E-state index in [-0.39, 0.29) is 11.8 Å². The van der Waals surface area contributed by atoms with E-state index in [0.29, 0.717) is 0 Å². The smallest absolute Gasteiger partial charge is 0.227 e. The molecule has 1 atom stereocenters. The fourth-order valence-corrected chi connectivity index (χ4v) is 5.02. The molecule has 1 fully saturated rings. The van der Waals surface area contributed by atoms with Crippen LogP contribution < -0.4 is 0 Å². The predicted octanol–water partition coefficient (Wildman–Crippen LogP) is 4.75. The zero-order valence-electron chi connectivity index (χ0n) is 19.1. The van der Waals surface area contributed by atoms with Crippen molar-refractivity contribution in [3.8, 4) is 11.1 Å². The maximum atomic E-state index is 13.5. The number of hydrogen-bond donors (Lipinski definition) is 1. The Kier molecular flexibility index (Phi) is 6.22. The van der Waals surface area contributed by atoms with E-state index in [1.54, 1.807) is 6.20 Å². The SMILES string of the molecule is CCN1CCN(Cc2cccc3[nH]ccc23)C[C@@H](Cc2ccccc2-c2cccnc2)C1=O. The number of nitrogens with zero attached hydrogens (tertiary/aromatic N) is 3. The number of benzene rings is 2.